The van der Waals surface area contributed by atoms with Gasteiger partial charge in [0.2, 0.25) is 0 Å². The van der Waals surface area contributed by atoms with Crippen LogP contribution in [0.3, 0.4) is 0 Å². The molecule has 1 aliphatic heterocycles. The van der Waals surface area contributed by atoms with Gasteiger partial charge in [0.15, 0.2) is 0 Å². The smallest absolute Gasteiger partial charge is 0.0195 e. The Morgan fingerprint density at radius 2 is 1.72 bits per heavy atom. The van der Waals surface area contributed by atoms with Gasteiger partial charge in [-0.1, -0.05) is 13.8 Å². The van der Waals surface area contributed by atoms with Crippen LogP contribution in [0.4, 0.5) is 0 Å². The highest BCUT2D eigenvalue weighted by Gasteiger charge is 2.39. The van der Waals surface area contributed by atoms with Crippen LogP contribution in [-0.4, -0.2) is 60.6 Å². The van der Waals surface area contributed by atoms with Gasteiger partial charge in [-0.05, 0) is 46.2 Å². The van der Waals surface area contributed by atoms with Crippen molar-refractivity contribution in [2.24, 2.45) is 5.92 Å². The molecule has 1 saturated heterocycles. The first-order chi connectivity index (χ1) is 8.49. The minimum atomic E-state index is 0.622. The van der Waals surface area contributed by atoms with Gasteiger partial charge in [0.05, 0.1) is 0 Å². The highest BCUT2D eigenvalue weighted by Crippen LogP contribution is 2.33. The van der Waals surface area contributed by atoms with Crippen LogP contribution in [0.2, 0.25) is 0 Å². The van der Waals surface area contributed by atoms with Gasteiger partial charge in [-0.25, -0.2) is 0 Å². The van der Waals surface area contributed by atoms with Crippen LogP contribution < -0.4 is 5.32 Å². The Hall–Kier alpha value is -0.120. The second kappa shape index (κ2) is 5.89. The van der Waals surface area contributed by atoms with Gasteiger partial charge in [0.25, 0.3) is 0 Å². The van der Waals surface area contributed by atoms with Crippen molar-refractivity contribution in [1.29, 1.82) is 0 Å². The molecular weight excluding hydrogens is 222 g/mol. The van der Waals surface area contributed by atoms with E-state index in [1.165, 1.54) is 32.5 Å². The van der Waals surface area contributed by atoms with Crippen LogP contribution in [0.25, 0.3) is 0 Å². The maximum atomic E-state index is 3.61. The van der Waals surface area contributed by atoms with Crippen LogP contribution in [-0.2, 0) is 0 Å². The van der Waals surface area contributed by atoms with Gasteiger partial charge in [-0.2, -0.15) is 0 Å². The van der Waals surface area contributed by atoms with Crippen molar-refractivity contribution in [2.45, 2.75) is 64.7 Å². The van der Waals surface area contributed by atoms with Crippen LogP contribution in [0.1, 0.15) is 40.5 Å². The first kappa shape index (κ1) is 14.3. The number of nitrogens with zero attached hydrogens (tertiary/aromatic N) is 2. The van der Waals surface area contributed by atoms with Crippen molar-refractivity contribution in [3.8, 4) is 0 Å². The van der Waals surface area contributed by atoms with Crippen LogP contribution in [0.15, 0.2) is 0 Å². The molecule has 0 aromatic heterocycles. The van der Waals surface area contributed by atoms with Gasteiger partial charge in [0.1, 0.15) is 0 Å². The van der Waals surface area contributed by atoms with Crippen molar-refractivity contribution in [1.82, 2.24) is 15.1 Å². The average molecular weight is 253 g/mol. The molecule has 18 heavy (non-hydrogen) atoms. The van der Waals surface area contributed by atoms with Gasteiger partial charge in [-0.3, -0.25) is 9.80 Å². The van der Waals surface area contributed by atoms with Crippen molar-refractivity contribution < 1.29 is 0 Å². The van der Waals surface area contributed by atoms with Crippen LogP contribution >= 0.6 is 0 Å². The Morgan fingerprint density at radius 1 is 1.11 bits per heavy atom. The fraction of sp³-hybridized carbons (Fsp3) is 1.00. The van der Waals surface area contributed by atoms with Gasteiger partial charge in [0, 0.05) is 37.3 Å². The second-order valence-corrected chi connectivity index (χ2v) is 6.79. The normalized spacial score (nSPS) is 39.0. The Bertz CT molecular complexity index is 254. The molecule has 1 aliphatic carbocycles. The number of hydrogen-bond acceptors (Lipinski definition) is 3. The van der Waals surface area contributed by atoms with Crippen LogP contribution in [0.5, 0.6) is 0 Å². The van der Waals surface area contributed by atoms with E-state index in [9.17, 15) is 0 Å². The quantitative estimate of drug-likeness (QED) is 0.824. The molecule has 1 N–H and O–H groups in total. The van der Waals surface area contributed by atoms with Crippen molar-refractivity contribution in [3.63, 3.8) is 0 Å². The Labute approximate surface area is 113 Å². The van der Waals surface area contributed by atoms with E-state index >= 15 is 0 Å². The molecule has 2 aliphatic rings. The summed E-state index contributed by atoms with van der Waals surface area (Å²) in [5.74, 6) is 0.884. The van der Waals surface area contributed by atoms with E-state index in [4.69, 9.17) is 0 Å². The van der Waals surface area contributed by atoms with E-state index in [0.717, 1.165) is 12.0 Å². The van der Waals surface area contributed by atoms with Gasteiger partial charge in [-0.15, -0.1) is 0 Å². The molecule has 0 bridgehead atoms. The number of rotatable bonds is 4. The van der Waals surface area contributed by atoms with E-state index in [-0.39, 0.29) is 0 Å². The molecule has 4 unspecified atom stereocenters. The molecule has 0 amide bonds. The number of nitrogens with one attached hydrogen (secondary N) is 1. The summed E-state index contributed by atoms with van der Waals surface area (Å²) in [5, 5.41) is 3.61. The molecule has 2 fully saturated rings. The molecule has 0 aromatic carbocycles. The van der Waals surface area contributed by atoms with E-state index in [1.807, 2.05) is 0 Å². The lowest BCUT2D eigenvalue weighted by Crippen LogP contribution is -2.61. The Kier molecular flexibility index (Phi) is 4.68. The molecule has 0 aromatic rings. The SMILES string of the molecule is CC(C)NCC1CCC1N1CC(C)N(C)C(C)C1. The lowest BCUT2D eigenvalue weighted by molar-refractivity contribution is -0.0171. The second-order valence-electron chi connectivity index (χ2n) is 6.79. The number of hydrogen-bond donors (Lipinski definition) is 1. The van der Waals surface area contributed by atoms with Gasteiger partial charge < -0.3 is 5.32 Å². The fourth-order valence-electron chi connectivity index (χ4n) is 3.37. The molecule has 3 nitrogen and oxygen atoms in total. The maximum Gasteiger partial charge on any atom is 0.0195 e. The topological polar surface area (TPSA) is 18.5 Å². The third kappa shape index (κ3) is 3.06. The lowest BCUT2D eigenvalue weighted by Gasteiger charge is -2.51. The zero-order chi connectivity index (χ0) is 13.3. The lowest BCUT2D eigenvalue weighted by atomic mass is 9.77. The first-order valence-corrected chi connectivity index (χ1v) is 7.68. The summed E-state index contributed by atoms with van der Waals surface area (Å²) < 4.78 is 0. The molecular formula is C15H31N3. The number of likely N-dealkylation sites (N-methyl/N-ethyl adjacent to an activating group) is 1. The molecule has 106 valence electrons. The van der Waals surface area contributed by atoms with E-state index in [0.29, 0.717) is 18.1 Å². The number of piperazine rings is 1. The molecule has 2 rings (SSSR count). The van der Waals surface area contributed by atoms with E-state index in [1.54, 1.807) is 0 Å². The minimum Gasteiger partial charge on any atom is -0.314 e. The zero-order valence-electron chi connectivity index (χ0n) is 12.8. The summed E-state index contributed by atoms with van der Waals surface area (Å²) in [6.45, 7) is 12.9. The molecule has 4 atom stereocenters. The summed E-state index contributed by atoms with van der Waals surface area (Å²) in [7, 11) is 2.27. The van der Waals surface area contributed by atoms with E-state index < -0.39 is 0 Å². The van der Waals surface area contributed by atoms with E-state index in [2.05, 4.69) is 49.9 Å². The van der Waals surface area contributed by atoms with Crippen molar-refractivity contribution >= 4 is 0 Å². The summed E-state index contributed by atoms with van der Waals surface area (Å²) in [5.41, 5.74) is 0. The summed E-state index contributed by atoms with van der Waals surface area (Å²) in [4.78, 5) is 5.28. The average Bonchev–Trinajstić information content (AvgIpc) is 2.24. The van der Waals surface area contributed by atoms with Crippen molar-refractivity contribution in [2.75, 3.05) is 26.7 Å². The van der Waals surface area contributed by atoms with Crippen LogP contribution in [0, 0.1) is 5.92 Å². The van der Waals surface area contributed by atoms with Gasteiger partial charge >= 0.3 is 0 Å². The van der Waals surface area contributed by atoms with Crippen molar-refractivity contribution in [3.05, 3.63) is 0 Å². The minimum absolute atomic E-state index is 0.622. The first-order valence-electron chi connectivity index (χ1n) is 7.68. The summed E-state index contributed by atoms with van der Waals surface area (Å²) in [6.07, 6.45) is 2.83. The largest absolute Gasteiger partial charge is 0.314 e. The molecule has 0 spiro atoms. The maximum absolute atomic E-state index is 3.61. The molecule has 1 heterocycles. The molecule has 3 heteroatoms. The monoisotopic (exact) mass is 253 g/mol. The molecule has 0 radical (unpaired) electrons. The highest BCUT2D eigenvalue weighted by molar-refractivity contribution is 4.95. The Balaban J connectivity index is 1.84. The third-order valence-electron chi connectivity index (χ3n) is 5.02. The Morgan fingerprint density at radius 3 is 2.17 bits per heavy atom. The third-order valence-corrected chi connectivity index (χ3v) is 5.02. The summed E-state index contributed by atoms with van der Waals surface area (Å²) >= 11 is 0. The standard InChI is InChI=1S/C15H31N3/c1-11(2)16-8-14-6-7-15(14)18-9-12(3)17(5)13(4)10-18/h11-16H,6-10H2,1-5H3. The predicted octanol–water partition coefficient (Wildman–Crippen LogP) is 1.79. The predicted molar refractivity (Wildman–Crippen MR) is 77.9 cm³/mol. The molecule has 1 saturated carbocycles. The fourth-order valence-corrected chi connectivity index (χ4v) is 3.37. The highest BCUT2D eigenvalue weighted by atomic mass is 15.3. The zero-order valence-corrected chi connectivity index (χ0v) is 12.8. The summed E-state index contributed by atoms with van der Waals surface area (Å²) in [6, 6.07) is 2.87.